The first kappa shape index (κ1) is 21.8. The largest absolute Gasteiger partial charge is 0.438 e. The van der Waals surface area contributed by atoms with Crippen molar-refractivity contribution < 1.29 is 14.3 Å². The van der Waals surface area contributed by atoms with E-state index >= 15 is 0 Å². The molecule has 33 heavy (non-hydrogen) atoms. The fourth-order valence-electron chi connectivity index (χ4n) is 3.24. The molecule has 0 saturated carbocycles. The van der Waals surface area contributed by atoms with Gasteiger partial charge < -0.3 is 10.1 Å². The third-order valence-electron chi connectivity index (χ3n) is 4.95. The Morgan fingerprint density at radius 2 is 1.76 bits per heavy atom. The molecule has 0 atom stereocenters. The fourth-order valence-corrected chi connectivity index (χ4v) is 3.24. The third kappa shape index (κ3) is 5.10. The van der Waals surface area contributed by atoms with Gasteiger partial charge in [-0.25, -0.2) is 15.0 Å². The number of hydrogen-bond donors (Lipinski definition) is 1. The lowest BCUT2D eigenvalue weighted by Gasteiger charge is -2.13. The Morgan fingerprint density at radius 3 is 2.52 bits per heavy atom. The number of aromatic nitrogens is 3. The first-order valence-electron chi connectivity index (χ1n) is 10.5. The van der Waals surface area contributed by atoms with Crippen LogP contribution in [0.3, 0.4) is 0 Å². The molecular formula is C26H22N4O3. The number of amides is 1. The smallest absolute Gasteiger partial charge is 0.296 e. The highest BCUT2D eigenvalue weighted by molar-refractivity contribution is 6.46. The molecule has 0 spiro atoms. The van der Waals surface area contributed by atoms with Crippen LogP contribution in [0, 0.1) is 6.92 Å². The summed E-state index contributed by atoms with van der Waals surface area (Å²) in [6, 6.07) is 19.1. The van der Waals surface area contributed by atoms with Gasteiger partial charge in [-0.3, -0.25) is 9.59 Å². The highest BCUT2D eigenvalue weighted by Crippen LogP contribution is 2.32. The lowest BCUT2D eigenvalue weighted by molar-refractivity contribution is -0.112. The number of ether oxygens (including phenoxy) is 1. The number of benzene rings is 2. The zero-order valence-corrected chi connectivity index (χ0v) is 18.3. The Labute approximate surface area is 191 Å². The molecule has 0 bridgehead atoms. The summed E-state index contributed by atoms with van der Waals surface area (Å²) in [4.78, 5) is 37.8. The summed E-state index contributed by atoms with van der Waals surface area (Å²) in [5.74, 6) is 0.438. The maximum atomic E-state index is 12.3. The number of anilines is 1. The summed E-state index contributed by atoms with van der Waals surface area (Å²) in [5, 5.41) is 2.65. The maximum absolute atomic E-state index is 12.3. The second-order valence-corrected chi connectivity index (χ2v) is 7.30. The van der Waals surface area contributed by atoms with Crippen LogP contribution in [0.1, 0.15) is 28.7 Å². The first-order valence-corrected chi connectivity index (χ1v) is 10.5. The SMILES string of the molecule is CCc1nccc(-c2cccnc2Oc2ccc(NC(=O)C(=O)c3ccccc3)cc2C)n1. The molecule has 4 aromatic rings. The number of carbonyl (C=O) groups excluding carboxylic acids is 2. The van der Waals surface area contributed by atoms with Gasteiger partial charge in [0.15, 0.2) is 0 Å². The number of nitrogens with one attached hydrogen (secondary N) is 1. The Bertz CT molecular complexity index is 1310. The van der Waals surface area contributed by atoms with Crippen LogP contribution in [0.15, 0.2) is 79.1 Å². The van der Waals surface area contributed by atoms with Crippen molar-refractivity contribution in [1.82, 2.24) is 15.0 Å². The topological polar surface area (TPSA) is 94.1 Å². The van der Waals surface area contributed by atoms with Gasteiger partial charge in [-0.2, -0.15) is 0 Å². The summed E-state index contributed by atoms with van der Waals surface area (Å²) >= 11 is 0. The number of carbonyl (C=O) groups is 2. The standard InChI is InChI=1S/C26H22N4O3/c1-3-23-27-15-13-21(30-23)20-10-7-14-28-26(20)33-22-12-11-19(16-17(22)2)29-25(32)24(31)18-8-5-4-6-9-18/h4-16H,3H2,1-2H3,(H,29,32). The molecule has 4 rings (SSSR count). The average Bonchev–Trinajstić information content (AvgIpc) is 2.86. The highest BCUT2D eigenvalue weighted by atomic mass is 16.5. The van der Waals surface area contributed by atoms with Gasteiger partial charge >= 0.3 is 0 Å². The van der Waals surface area contributed by atoms with E-state index in [1.807, 2.05) is 32.0 Å². The normalized spacial score (nSPS) is 10.5. The number of Topliss-reactive ketones (excluding diaryl/α,β-unsaturated/α-hetero) is 1. The predicted molar refractivity (Wildman–Crippen MR) is 125 cm³/mol. The number of hydrogen-bond acceptors (Lipinski definition) is 6. The Balaban J connectivity index is 1.53. The minimum atomic E-state index is -0.697. The van der Waals surface area contributed by atoms with Crippen molar-refractivity contribution in [3.8, 4) is 22.9 Å². The minimum absolute atomic E-state index is 0.338. The van der Waals surface area contributed by atoms with Gasteiger partial charge in [0.25, 0.3) is 11.7 Å². The van der Waals surface area contributed by atoms with E-state index in [0.29, 0.717) is 22.9 Å². The Morgan fingerprint density at radius 1 is 0.939 bits per heavy atom. The lowest BCUT2D eigenvalue weighted by atomic mass is 10.1. The monoisotopic (exact) mass is 438 g/mol. The van der Waals surface area contributed by atoms with E-state index in [0.717, 1.165) is 29.1 Å². The van der Waals surface area contributed by atoms with Crippen molar-refractivity contribution >= 4 is 17.4 Å². The van der Waals surface area contributed by atoms with Gasteiger partial charge in [-0.05, 0) is 48.9 Å². The van der Waals surface area contributed by atoms with Crippen molar-refractivity contribution in [2.75, 3.05) is 5.32 Å². The quantitative estimate of drug-likeness (QED) is 0.322. The second kappa shape index (κ2) is 9.82. The molecule has 0 aliphatic carbocycles. The van der Waals surface area contributed by atoms with Gasteiger partial charge in [-0.1, -0.05) is 37.3 Å². The number of rotatable bonds is 7. The van der Waals surface area contributed by atoms with E-state index in [1.54, 1.807) is 60.9 Å². The molecule has 1 amide bonds. The summed E-state index contributed by atoms with van der Waals surface area (Å²) in [7, 11) is 0. The predicted octanol–water partition coefficient (Wildman–Crippen LogP) is 5.02. The van der Waals surface area contributed by atoms with Crippen LogP contribution in [0.4, 0.5) is 5.69 Å². The summed E-state index contributed by atoms with van der Waals surface area (Å²) in [6.45, 7) is 3.85. The van der Waals surface area contributed by atoms with Crippen LogP contribution < -0.4 is 10.1 Å². The van der Waals surface area contributed by atoms with Gasteiger partial charge in [0.2, 0.25) is 5.88 Å². The number of ketones is 1. The molecule has 0 unspecified atom stereocenters. The molecule has 0 aliphatic heterocycles. The molecule has 7 heteroatoms. The van der Waals surface area contributed by atoms with Gasteiger partial charge in [0, 0.05) is 30.1 Å². The third-order valence-corrected chi connectivity index (χ3v) is 4.95. The maximum Gasteiger partial charge on any atom is 0.296 e. The molecule has 164 valence electrons. The van der Waals surface area contributed by atoms with E-state index in [1.165, 1.54) is 0 Å². The Hall–Kier alpha value is -4.39. The van der Waals surface area contributed by atoms with Crippen LogP contribution in [0.2, 0.25) is 0 Å². The molecule has 2 aromatic carbocycles. The molecule has 0 fully saturated rings. The van der Waals surface area contributed by atoms with Gasteiger partial charge in [0.05, 0.1) is 11.3 Å². The van der Waals surface area contributed by atoms with Crippen LogP contribution in [-0.4, -0.2) is 26.6 Å². The van der Waals surface area contributed by atoms with Crippen molar-refractivity contribution in [1.29, 1.82) is 0 Å². The highest BCUT2D eigenvalue weighted by Gasteiger charge is 2.17. The summed E-state index contributed by atoms with van der Waals surface area (Å²) in [5.41, 5.74) is 3.09. The van der Waals surface area contributed by atoms with Crippen molar-refractivity contribution in [2.24, 2.45) is 0 Å². The zero-order chi connectivity index (χ0) is 23.2. The van der Waals surface area contributed by atoms with Crippen LogP contribution in [0.5, 0.6) is 11.6 Å². The van der Waals surface area contributed by atoms with Crippen LogP contribution in [-0.2, 0) is 11.2 Å². The summed E-state index contributed by atoms with van der Waals surface area (Å²) < 4.78 is 6.09. The molecule has 2 aromatic heterocycles. The number of aryl methyl sites for hydroxylation is 2. The molecule has 0 saturated heterocycles. The second-order valence-electron chi connectivity index (χ2n) is 7.30. The minimum Gasteiger partial charge on any atom is -0.438 e. The van der Waals surface area contributed by atoms with E-state index in [2.05, 4.69) is 20.3 Å². The first-order chi connectivity index (χ1) is 16.0. The molecule has 0 aliphatic rings. The van der Waals surface area contributed by atoms with E-state index in [9.17, 15) is 9.59 Å². The van der Waals surface area contributed by atoms with Crippen molar-refractivity contribution in [3.63, 3.8) is 0 Å². The Kier molecular flexibility index (Phi) is 6.50. The molecule has 2 heterocycles. The molecule has 7 nitrogen and oxygen atoms in total. The summed E-state index contributed by atoms with van der Waals surface area (Å²) in [6.07, 6.45) is 4.10. The van der Waals surface area contributed by atoms with E-state index in [-0.39, 0.29) is 0 Å². The van der Waals surface area contributed by atoms with Gasteiger partial charge in [-0.15, -0.1) is 0 Å². The van der Waals surface area contributed by atoms with Crippen LogP contribution >= 0.6 is 0 Å². The lowest BCUT2D eigenvalue weighted by Crippen LogP contribution is -2.22. The van der Waals surface area contributed by atoms with Gasteiger partial charge in [0.1, 0.15) is 11.6 Å². The average molecular weight is 438 g/mol. The van der Waals surface area contributed by atoms with Crippen molar-refractivity contribution in [3.05, 3.63) is 96.1 Å². The molecule has 0 radical (unpaired) electrons. The number of pyridine rings is 1. The van der Waals surface area contributed by atoms with Crippen LogP contribution in [0.25, 0.3) is 11.3 Å². The van der Waals surface area contributed by atoms with E-state index < -0.39 is 11.7 Å². The number of nitrogens with zero attached hydrogens (tertiary/aromatic N) is 3. The van der Waals surface area contributed by atoms with E-state index in [4.69, 9.17) is 4.74 Å². The zero-order valence-electron chi connectivity index (χ0n) is 18.3. The fraction of sp³-hybridized carbons (Fsp3) is 0.115. The van der Waals surface area contributed by atoms with Crippen molar-refractivity contribution in [2.45, 2.75) is 20.3 Å². The molecule has 1 N–H and O–H groups in total. The molecular weight excluding hydrogens is 416 g/mol.